The molecule has 1 aliphatic heterocycles. The van der Waals surface area contributed by atoms with Crippen LogP contribution in [0, 0.1) is 0 Å². The van der Waals surface area contributed by atoms with E-state index in [-0.39, 0.29) is 0 Å². The Morgan fingerprint density at radius 1 is 0.793 bits per heavy atom. The van der Waals surface area contributed by atoms with E-state index in [1.54, 1.807) is 0 Å². The third-order valence-corrected chi connectivity index (χ3v) is 9.31. The molecule has 0 unspecified atom stereocenters. The van der Waals surface area contributed by atoms with Gasteiger partial charge in [0.2, 0.25) is 0 Å². The highest BCUT2D eigenvalue weighted by Gasteiger charge is 2.28. The fraction of sp³-hybridized carbons (Fsp3) is 0.360. The van der Waals surface area contributed by atoms with E-state index in [9.17, 15) is 0 Å². The number of nitrogens with zero attached hydrogens (tertiary/aromatic N) is 2. The molecule has 0 aliphatic carbocycles. The lowest BCUT2D eigenvalue weighted by Crippen LogP contribution is -2.47. The van der Waals surface area contributed by atoms with E-state index in [4.69, 9.17) is 4.42 Å². The van der Waals surface area contributed by atoms with Crippen LogP contribution in [-0.4, -0.2) is 45.7 Å². The molecule has 1 aromatic heterocycles. The second kappa shape index (κ2) is 9.01. The Balaban J connectivity index is 1.26. The van der Waals surface area contributed by atoms with Crippen molar-refractivity contribution in [3.63, 3.8) is 0 Å². The van der Waals surface area contributed by atoms with Gasteiger partial charge in [-0.25, -0.2) is 0 Å². The van der Waals surface area contributed by atoms with E-state index in [1.165, 1.54) is 35.6 Å². The van der Waals surface area contributed by atoms with Crippen LogP contribution in [0.3, 0.4) is 0 Å². The Hall–Kier alpha value is -2.30. The molecule has 3 aromatic rings. The van der Waals surface area contributed by atoms with Gasteiger partial charge in [-0.15, -0.1) is 0 Å². The van der Waals surface area contributed by atoms with Gasteiger partial charge in [-0.2, -0.15) is 0 Å². The summed E-state index contributed by atoms with van der Waals surface area (Å²) in [7, 11) is -1.55. The van der Waals surface area contributed by atoms with Crippen molar-refractivity contribution in [1.29, 1.82) is 0 Å². The Kier molecular flexibility index (Phi) is 6.21. The van der Waals surface area contributed by atoms with Gasteiger partial charge >= 0.3 is 0 Å². The summed E-state index contributed by atoms with van der Waals surface area (Å²) in [5, 5.41) is 1.23. The quantitative estimate of drug-likeness (QED) is 0.512. The Morgan fingerprint density at radius 2 is 1.45 bits per heavy atom. The maximum Gasteiger partial charge on any atom is 0.133 e. The molecule has 2 heterocycles. The number of para-hydroxylation sites is 1. The van der Waals surface area contributed by atoms with E-state index < -0.39 is 8.07 Å². The van der Waals surface area contributed by atoms with Crippen LogP contribution in [-0.2, 0) is 0 Å². The summed E-state index contributed by atoms with van der Waals surface area (Å²) in [5.41, 5.74) is 2.52. The normalized spacial score (nSPS) is 15.6. The largest absolute Gasteiger partial charge is 0.466 e. The number of anilines is 1. The molecule has 1 aliphatic rings. The minimum absolute atomic E-state index is 0.998. The van der Waals surface area contributed by atoms with Crippen molar-refractivity contribution in [2.75, 3.05) is 37.6 Å². The van der Waals surface area contributed by atoms with Crippen LogP contribution < -0.4 is 10.3 Å². The molecule has 0 amide bonds. The molecule has 1 fully saturated rings. The van der Waals surface area contributed by atoms with Crippen molar-refractivity contribution in [3.8, 4) is 11.3 Å². The second-order valence-corrected chi connectivity index (χ2v) is 13.4. The van der Waals surface area contributed by atoms with Crippen LogP contribution in [0.4, 0.5) is 5.69 Å². The molecule has 4 heteroatoms. The lowest BCUT2D eigenvalue weighted by atomic mass is 10.2. The van der Waals surface area contributed by atoms with Crippen molar-refractivity contribution < 1.29 is 4.42 Å². The molecule has 0 saturated carbocycles. The Morgan fingerprint density at radius 3 is 2.14 bits per heavy atom. The number of hydrogen-bond donors (Lipinski definition) is 0. The SMILES string of the molecule is C[Si](C)(CCCN1CCN(c2ccccc2)CC1)c1ccc(-c2ccccc2)o1. The van der Waals surface area contributed by atoms with Crippen molar-refractivity contribution in [1.82, 2.24) is 4.90 Å². The smallest absolute Gasteiger partial charge is 0.133 e. The van der Waals surface area contributed by atoms with Gasteiger partial charge in [-0.1, -0.05) is 61.6 Å². The van der Waals surface area contributed by atoms with Gasteiger partial charge in [0.1, 0.15) is 13.8 Å². The molecular weight excluding hydrogens is 372 g/mol. The minimum atomic E-state index is -1.55. The van der Waals surface area contributed by atoms with Gasteiger partial charge in [0.05, 0.1) is 5.38 Å². The van der Waals surface area contributed by atoms with Gasteiger partial charge in [0, 0.05) is 37.4 Å². The first-order valence-electron chi connectivity index (χ1n) is 10.8. The minimum Gasteiger partial charge on any atom is -0.466 e. The molecule has 0 atom stereocenters. The number of hydrogen-bond acceptors (Lipinski definition) is 3. The summed E-state index contributed by atoms with van der Waals surface area (Å²) in [6, 6.07) is 26.8. The number of piperazine rings is 1. The molecule has 0 radical (unpaired) electrons. The number of rotatable bonds is 7. The standard InChI is InChI=1S/C25H32N2OSi/c1-29(2,25-15-14-24(28-25)22-10-5-3-6-11-22)21-9-16-26-17-19-27(20-18-26)23-12-7-4-8-13-23/h3-8,10-15H,9,16-21H2,1-2H3. The zero-order valence-electron chi connectivity index (χ0n) is 17.7. The number of furan rings is 1. The van der Waals surface area contributed by atoms with Gasteiger partial charge < -0.3 is 9.32 Å². The van der Waals surface area contributed by atoms with E-state index >= 15 is 0 Å². The first kappa shape index (κ1) is 20.0. The van der Waals surface area contributed by atoms with E-state index in [2.05, 4.69) is 89.6 Å². The Labute approximate surface area is 176 Å². The van der Waals surface area contributed by atoms with Gasteiger partial charge in [0.15, 0.2) is 0 Å². The molecule has 1 saturated heterocycles. The number of benzene rings is 2. The third-order valence-electron chi connectivity index (χ3n) is 6.10. The fourth-order valence-electron chi connectivity index (χ4n) is 4.20. The molecule has 0 N–H and O–H groups in total. The molecule has 4 rings (SSSR count). The maximum absolute atomic E-state index is 6.28. The zero-order valence-corrected chi connectivity index (χ0v) is 18.7. The van der Waals surface area contributed by atoms with Crippen molar-refractivity contribution >= 4 is 19.1 Å². The summed E-state index contributed by atoms with van der Waals surface area (Å²) in [6.07, 6.45) is 1.26. The van der Waals surface area contributed by atoms with Gasteiger partial charge in [-0.3, -0.25) is 4.90 Å². The monoisotopic (exact) mass is 404 g/mol. The first-order valence-corrected chi connectivity index (χ1v) is 14.0. The summed E-state index contributed by atoms with van der Waals surface area (Å²) < 4.78 is 6.28. The van der Waals surface area contributed by atoms with Crippen molar-refractivity contribution in [2.24, 2.45) is 0 Å². The average Bonchev–Trinajstić information content (AvgIpc) is 3.27. The highest BCUT2D eigenvalue weighted by Crippen LogP contribution is 2.22. The van der Waals surface area contributed by atoms with Crippen LogP contribution in [0.2, 0.25) is 19.1 Å². The molecule has 0 bridgehead atoms. The summed E-state index contributed by atoms with van der Waals surface area (Å²) in [5.74, 6) is 0.998. The zero-order chi connectivity index (χ0) is 20.1. The highest BCUT2D eigenvalue weighted by atomic mass is 28.3. The maximum atomic E-state index is 6.28. The second-order valence-electron chi connectivity index (χ2n) is 8.68. The molecule has 152 valence electrons. The molecule has 2 aromatic carbocycles. The van der Waals surface area contributed by atoms with Gasteiger partial charge in [0.25, 0.3) is 0 Å². The van der Waals surface area contributed by atoms with Crippen LogP contribution in [0.5, 0.6) is 0 Å². The Bertz CT molecular complexity index is 883. The van der Waals surface area contributed by atoms with Crippen molar-refractivity contribution in [3.05, 3.63) is 72.8 Å². The van der Waals surface area contributed by atoms with E-state index in [0.717, 1.165) is 31.9 Å². The summed E-state index contributed by atoms with van der Waals surface area (Å²) in [4.78, 5) is 5.13. The first-order chi connectivity index (χ1) is 14.1. The van der Waals surface area contributed by atoms with Crippen molar-refractivity contribution in [2.45, 2.75) is 25.6 Å². The van der Waals surface area contributed by atoms with E-state index in [0.29, 0.717) is 0 Å². The summed E-state index contributed by atoms with van der Waals surface area (Å²) in [6.45, 7) is 10.7. The third kappa shape index (κ3) is 5.00. The van der Waals surface area contributed by atoms with E-state index in [1.807, 2.05) is 6.07 Å². The van der Waals surface area contributed by atoms with Crippen LogP contribution in [0.25, 0.3) is 11.3 Å². The average molecular weight is 405 g/mol. The molecule has 29 heavy (non-hydrogen) atoms. The van der Waals surface area contributed by atoms with Crippen LogP contribution >= 0.6 is 0 Å². The molecule has 3 nitrogen and oxygen atoms in total. The topological polar surface area (TPSA) is 19.6 Å². The lowest BCUT2D eigenvalue weighted by molar-refractivity contribution is 0.258. The highest BCUT2D eigenvalue weighted by molar-refractivity contribution is 6.88. The predicted molar refractivity (Wildman–Crippen MR) is 126 cm³/mol. The molecular formula is C25H32N2OSi. The predicted octanol–water partition coefficient (Wildman–Crippen LogP) is 5.07. The van der Waals surface area contributed by atoms with Crippen LogP contribution in [0.1, 0.15) is 6.42 Å². The van der Waals surface area contributed by atoms with Crippen LogP contribution in [0.15, 0.2) is 77.2 Å². The van der Waals surface area contributed by atoms with Gasteiger partial charge in [-0.05, 0) is 43.3 Å². The molecule has 0 spiro atoms. The lowest BCUT2D eigenvalue weighted by Gasteiger charge is -2.36. The fourth-order valence-corrected chi connectivity index (χ4v) is 6.40. The summed E-state index contributed by atoms with van der Waals surface area (Å²) >= 11 is 0.